The van der Waals surface area contributed by atoms with Crippen LogP contribution in [0, 0.1) is 0 Å². The van der Waals surface area contributed by atoms with Gasteiger partial charge in [-0.1, -0.05) is 20.8 Å². The Balaban J connectivity index is 2.60. The van der Waals surface area contributed by atoms with Crippen LogP contribution in [0.2, 0.25) is 0 Å². The molecule has 1 aromatic rings. The Bertz CT molecular complexity index is 414. The minimum atomic E-state index is -2.90. The van der Waals surface area contributed by atoms with E-state index in [1.807, 2.05) is 20.8 Å². The standard InChI is InChI=1S/C10H16F2N4O2/c1-10(2,3)9-14-7(15-16-9)8(18)13-4-5(17)6(11)12/h5-6,17H,4H2,1-3H3,(H,13,18)(H,14,15,16). The summed E-state index contributed by atoms with van der Waals surface area (Å²) in [5.74, 6) is -0.329. The maximum Gasteiger partial charge on any atom is 0.291 e. The Morgan fingerprint density at radius 2 is 2.11 bits per heavy atom. The molecular weight excluding hydrogens is 246 g/mol. The Morgan fingerprint density at radius 1 is 1.50 bits per heavy atom. The lowest BCUT2D eigenvalue weighted by atomic mass is 9.96. The Morgan fingerprint density at radius 3 is 2.56 bits per heavy atom. The summed E-state index contributed by atoms with van der Waals surface area (Å²) in [6.45, 7) is 5.11. The number of halogens is 2. The number of nitrogens with zero attached hydrogens (tertiary/aromatic N) is 2. The predicted molar refractivity (Wildman–Crippen MR) is 59.4 cm³/mol. The van der Waals surface area contributed by atoms with Crippen LogP contribution in [0.4, 0.5) is 8.78 Å². The zero-order valence-electron chi connectivity index (χ0n) is 10.4. The van der Waals surface area contributed by atoms with Gasteiger partial charge in [-0.3, -0.25) is 9.89 Å². The number of hydrogen-bond acceptors (Lipinski definition) is 4. The van der Waals surface area contributed by atoms with Gasteiger partial charge in [-0.2, -0.15) is 0 Å². The molecule has 8 heteroatoms. The number of H-pyrrole nitrogens is 1. The molecule has 3 N–H and O–H groups in total. The third kappa shape index (κ3) is 3.73. The monoisotopic (exact) mass is 262 g/mol. The minimum Gasteiger partial charge on any atom is -0.385 e. The van der Waals surface area contributed by atoms with Gasteiger partial charge in [0.05, 0.1) is 0 Å². The van der Waals surface area contributed by atoms with Crippen LogP contribution in [0.25, 0.3) is 0 Å². The molecule has 1 unspecified atom stereocenters. The Hall–Kier alpha value is -1.57. The van der Waals surface area contributed by atoms with Gasteiger partial charge in [0.25, 0.3) is 12.3 Å². The molecule has 0 radical (unpaired) electrons. The van der Waals surface area contributed by atoms with Crippen LogP contribution in [0.15, 0.2) is 0 Å². The number of aromatic amines is 1. The second-order valence-corrected chi connectivity index (χ2v) is 4.87. The molecule has 0 aliphatic heterocycles. The van der Waals surface area contributed by atoms with Crippen LogP contribution in [0.5, 0.6) is 0 Å². The van der Waals surface area contributed by atoms with Crippen molar-refractivity contribution in [3.63, 3.8) is 0 Å². The van der Waals surface area contributed by atoms with Crippen molar-refractivity contribution in [1.82, 2.24) is 20.5 Å². The summed E-state index contributed by atoms with van der Waals surface area (Å²) in [6.07, 6.45) is -4.79. The van der Waals surface area contributed by atoms with Gasteiger partial charge in [0.1, 0.15) is 11.9 Å². The summed E-state index contributed by atoms with van der Waals surface area (Å²) >= 11 is 0. The zero-order valence-corrected chi connectivity index (χ0v) is 10.4. The second-order valence-electron chi connectivity index (χ2n) is 4.87. The van der Waals surface area contributed by atoms with E-state index >= 15 is 0 Å². The van der Waals surface area contributed by atoms with Gasteiger partial charge in [0, 0.05) is 12.0 Å². The highest BCUT2D eigenvalue weighted by molar-refractivity contribution is 5.90. The molecule has 1 amide bonds. The molecule has 0 saturated heterocycles. The fraction of sp³-hybridized carbons (Fsp3) is 0.700. The topological polar surface area (TPSA) is 90.9 Å². The molecule has 0 bridgehead atoms. The molecule has 0 spiro atoms. The van der Waals surface area contributed by atoms with Crippen LogP contribution < -0.4 is 5.32 Å². The molecule has 1 atom stereocenters. The third-order valence-electron chi connectivity index (χ3n) is 2.16. The normalized spacial score (nSPS) is 13.7. The first kappa shape index (κ1) is 14.5. The van der Waals surface area contributed by atoms with E-state index in [4.69, 9.17) is 5.11 Å². The SMILES string of the molecule is CC(C)(C)c1nc(C(=O)NCC(O)C(F)F)n[nH]1. The van der Waals surface area contributed by atoms with Gasteiger partial charge < -0.3 is 10.4 Å². The number of carbonyl (C=O) groups excluding carboxylic acids is 1. The summed E-state index contributed by atoms with van der Waals surface area (Å²) < 4.78 is 24.0. The number of hydrogen-bond donors (Lipinski definition) is 3. The molecule has 0 aliphatic rings. The summed E-state index contributed by atoms with van der Waals surface area (Å²) in [4.78, 5) is 15.5. The number of carbonyl (C=O) groups is 1. The van der Waals surface area contributed by atoms with Gasteiger partial charge in [-0.25, -0.2) is 13.8 Å². The van der Waals surface area contributed by atoms with E-state index in [1.165, 1.54) is 0 Å². The van der Waals surface area contributed by atoms with Crippen molar-refractivity contribution in [1.29, 1.82) is 0 Å². The molecule has 0 aliphatic carbocycles. The smallest absolute Gasteiger partial charge is 0.291 e. The summed E-state index contributed by atoms with van der Waals surface area (Å²) in [7, 11) is 0. The second kappa shape index (κ2) is 5.38. The first-order chi connectivity index (χ1) is 8.21. The van der Waals surface area contributed by atoms with E-state index in [0.717, 1.165) is 0 Å². The molecule has 0 aromatic carbocycles. The maximum absolute atomic E-state index is 12.0. The van der Waals surface area contributed by atoms with E-state index in [-0.39, 0.29) is 11.2 Å². The molecule has 18 heavy (non-hydrogen) atoms. The van der Waals surface area contributed by atoms with Gasteiger partial charge in [-0.05, 0) is 0 Å². The van der Waals surface area contributed by atoms with Crippen molar-refractivity contribution in [2.24, 2.45) is 0 Å². The van der Waals surface area contributed by atoms with Crippen molar-refractivity contribution in [2.45, 2.75) is 38.7 Å². The summed E-state index contributed by atoms with van der Waals surface area (Å²) in [5, 5.41) is 17.3. The van der Waals surface area contributed by atoms with E-state index in [2.05, 4.69) is 20.5 Å². The van der Waals surface area contributed by atoms with Crippen LogP contribution in [-0.2, 0) is 5.41 Å². The molecule has 1 heterocycles. The van der Waals surface area contributed by atoms with Crippen LogP contribution in [0.1, 0.15) is 37.2 Å². The molecule has 102 valence electrons. The lowest BCUT2D eigenvalue weighted by Gasteiger charge is -2.12. The number of nitrogens with one attached hydrogen (secondary N) is 2. The number of amides is 1. The van der Waals surface area contributed by atoms with E-state index in [0.29, 0.717) is 5.82 Å². The minimum absolute atomic E-state index is 0.138. The highest BCUT2D eigenvalue weighted by atomic mass is 19.3. The molecule has 6 nitrogen and oxygen atoms in total. The first-order valence-electron chi connectivity index (χ1n) is 5.39. The van der Waals surface area contributed by atoms with Crippen molar-refractivity contribution in [3.8, 4) is 0 Å². The van der Waals surface area contributed by atoms with E-state index in [9.17, 15) is 13.6 Å². The molecule has 0 saturated carbocycles. The van der Waals surface area contributed by atoms with E-state index < -0.39 is 25.0 Å². The van der Waals surface area contributed by atoms with Crippen molar-refractivity contribution in [2.75, 3.05) is 6.54 Å². The number of aliphatic hydroxyl groups is 1. The van der Waals surface area contributed by atoms with Gasteiger partial charge >= 0.3 is 0 Å². The number of aliphatic hydroxyl groups excluding tert-OH is 1. The fourth-order valence-electron chi connectivity index (χ4n) is 1.06. The molecule has 0 fully saturated rings. The molecule has 1 rings (SSSR count). The van der Waals surface area contributed by atoms with Crippen LogP contribution in [0.3, 0.4) is 0 Å². The maximum atomic E-state index is 12.0. The number of aromatic nitrogens is 3. The van der Waals surface area contributed by atoms with Crippen molar-refractivity contribution in [3.05, 3.63) is 11.6 Å². The number of alkyl halides is 2. The van der Waals surface area contributed by atoms with Crippen molar-refractivity contribution >= 4 is 5.91 Å². The summed E-state index contributed by atoms with van der Waals surface area (Å²) in [5.41, 5.74) is -0.298. The first-order valence-corrected chi connectivity index (χ1v) is 5.39. The summed E-state index contributed by atoms with van der Waals surface area (Å²) in [6, 6.07) is 0. The lowest BCUT2D eigenvalue weighted by molar-refractivity contribution is -0.00275. The number of rotatable bonds is 4. The Labute approximate surface area is 103 Å². The lowest BCUT2D eigenvalue weighted by Crippen LogP contribution is -2.36. The highest BCUT2D eigenvalue weighted by Gasteiger charge is 2.22. The fourth-order valence-corrected chi connectivity index (χ4v) is 1.06. The zero-order chi connectivity index (χ0) is 13.9. The average Bonchev–Trinajstić information content (AvgIpc) is 2.73. The van der Waals surface area contributed by atoms with Crippen molar-refractivity contribution < 1.29 is 18.7 Å². The van der Waals surface area contributed by atoms with Gasteiger partial charge in [0.2, 0.25) is 5.82 Å². The molecule has 1 aromatic heterocycles. The van der Waals surface area contributed by atoms with E-state index in [1.54, 1.807) is 0 Å². The van der Waals surface area contributed by atoms with Crippen LogP contribution in [-0.4, -0.2) is 45.3 Å². The third-order valence-corrected chi connectivity index (χ3v) is 2.16. The van der Waals surface area contributed by atoms with Crippen LogP contribution >= 0.6 is 0 Å². The van der Waals surface area contributed by atoms with Gasteiger partial charge in [0.15, 0.2) is 0 Å². The van der Waals surface area contributed by atoms with Gasteiger partial charge in [-0.15, -0.1) is 5.10 Å². The Kier molecular flexibility index (Phi) is 4.33. The quantitative estimate of drug-likeness (QED) is 0.735. The largest absolute Gasteiger partial charge is 0.385 e. The average molecular weight is 262 g/mol. The molecular formula is C10H16F2N4O2. The predicted octanol–water partition coefficient (Wildman–Crippen LogP) is 0.458. The highest BCUT2D eigenvalue weighted by Crippen LogP contribution is 2.17.